The van der Waals surface area contributed by atoms with E-state index >= 15 is 0 Å². The van der Waals surface area contributed by atoms with E-state index in [4.69, 9.17) is 4.98 Å². The topological polar surface area (TPSA) is 24.9 Å². The van der Waals surface area contributed by atoms with Gasteiger partial charge in [-0.3, -0.25) is 0 Å². The number of fused-ring (bicyclic) bond motifs is 1. The molecule has 1 unspecified atom stereocenters. The first-order valence-electron chi connectivity index (χ1n) is 7.75. The van der Waals surface area contributed by atoms with Crippen molar-refractivity contribution in [3.8, 4) is 0 Å². The zero-order valence-corrected chi connectivity index (χ0v) is 13.3. The zero-order valence-electron chi connectivity index (χ0n) is 12.5. The molecule has 1 N–H and O–H groups in total. The molecule has 1 heterocycles. The number of thiazole rings is 1. The number of nitrogens with one attached hydrogen (secondary N) is 1. The molecule has 20 heavy (non-hydrogen) atoms. The van der Waals surface area contributed by atoms with Crippen LogP contribution in [0, 0.1) is 5.41 Å². The second kappa shape index (κ2) is 5.82. The Kier molecular flexibility index (Phi) is 4.08. The van der Waals surface area contributed by atoms with Crippen molar-refractivity contribution >= 4 is 21.6 Å². The molecule has 0 saturated heterocycles. The Morgan fingerprint density at radius 1 is 1.25 bits per heavy atom. The number of hydrogen-bond acceptors (Lipinski definition) is 3. The van der Waals surface area contributed by atoms with Crippen molar-refractivity contribution in [1.82, 2.24) is 10.3 Å². The number of hydrogen-bond donors (Lipinski definition) is 1. The number of benzene rings is 1. The summed E-state index contributed by atoms with van der Waals surface area (Å²) in [6.45, 7) is 5.79. The van der Waals surface area contributed by atoms with Crippen molar-refractivity contribution in [3.63, 3.8) is 0 Å². The van der Waals surface area contributed by atoms with Gasteiger partial charge < -0.3 is 5.32 Å². The molecule has 1 atom stereocenters. The molecule has 1 saturated carbocycles. The minimum atomic E-state index is 0.353. The molecule has 1 aromatic heterocycles. The van der Waals surface area contributed by atoms with Crippen LogP contribution in [-0.4, -0.2) is 11.5 Å². The summed E-state index contributed by atoms with van der Waals surface area (Å²) in [5.41, 5.74) is 1.62. The molecule has 0 radical (unpaired) electrons. The Balaban J connectivity index is 1.65. The van der Waals surface area contributed by atoms with Crippen molar-refractivity contribution in [1.29, 1.82) is 0 Å². The average molecular weight is 288 g/mol. The van der Waals surface area contributed by atoms with E-state index in [9.17, 15) is 0 Å². The molecule has 0 bridgehead atoms. The van der Waals surface area contributed by atoms with E-state index in [1.165, 1.54) is 41.8 Å². The monoisotopic (exact) mass is 288 g/mol. The highest BCUT2D eigenvalue weighted by Crippen LogP contribution is 2.35. The SMILES string of the molecule is CC(NCC1(C)CCCCC1)c1nc2ccccc2s1. The minimum Gasteiger partial charge on any atom is -0.308 e. The van der Waals surface area contributed by atoms with E-state index < -0.39 is 0 Å². The maximum absolute atomic E-state index is 4.76. The van der Waals surface area contributed by atoms with Gasteiger partial charge in [0.25, 0.3) is 0 Å². The fourth-order valence-corrected chi connectivity index (χ4v) is 4.14. The molecule has 0 spiro atoms. The van der Waals surface area contributed by atoms with Crippen LogP contribution in [0.3, 0.4) is 0 Å². The van der Waals surface area contributed by atoms with Crippen LogP contribution >= 0.6 is 11.3 Å². The first kappa shape index (κ1) is 14.0. The molecule has 1 aromatic carbocycles. The lowest BCUT2D eigenvalue weighted by Crippen LogP contribution is -2.34. The quantitative estimate of drug-likeness (QED) is 0.864. The molecule has 0 aliphatic heterocycles. The van der Waals surface area contributed by atoms with Gasteiger partial charge in [0.05, 0.1) is 16.3 Å². The third-order valence-corrected chi connectivity index (χ3v) is 5.80. The molecule has 3 rings (SSSR count). The van der Waals surface area contributed by atoms with Crippen LogP contribution in [0.2, 0.25) is 0 Å². The summed E-state index contributed by atoms with van der Waals surface area (Å²) >= 11 is 1.82. The van der Waals surface area contributed by atoms with E-state index in [2.05, 4.69) is 43.4 Å². The van der Waals surface area contributed by atoms with Gasteiger partial charge in [-0.2, -0.15) is 0 Å². The molecule has 0 amide bonds. The van der Waals surface area contributed by atoms with Crippen molar-refractivity contribution in [2.24, 2.45) is 5.41 Å². The fourth-order valence-electron chi connectivity index (χ4n) is 3.14. The zero-order chi connectivity index (χ0) is 14.0. The van der Waals surface area contributed by atoms with Crippen molar-refractivity contribution in [3.05, 3.63) is 29.3 Å². The van der Waals surface area contributed by atoms with Crippen LogP contribution in [0.15, 0.2) is 24.3 Å². The normalized spacial score (nSPS) is 20.1. The molecule has 1 fully saturated rings. The highest BCUT2D eigenvalue weighted by molar-refractivity contribution is 7.18. The minimum absolute atomic E-state index is 0.353. The molecule has 108 valence electrons. The predicted octanol–water partition coefficient (Wildman–Crippen LogP) is 4.92. The first-order valence-corrected chi connectivity index (χ1v) is 8.57. The van der Waals surface area contributed by atoms with Crippen molar-refractivity contribution < 1.29 is 0 Å². The maximum Gasteiger partial charge on any atom is 0.111 e. The van der Waals surface area contributed by atoms with E-state index in [-0.39, 0.29) is 0 Å². The number of nitrogens with zero attached hydrogens (tertiary/aromatic N) is 1. The standard InChI is InChI=1S/C17H24N2S/c1-13(18-12-17(2)10-6-3-7-11-17)16-19-14-8-4-5-9-15(14)20-16/h4-5,8-9,13,18H,3,6-7,10-12H2,1-2H3. The number of aromatic nitrogens is 1. The maximum atomic E-state index is 4.76. The summed E-state index contributed by atoms with van der Waals surface area (Å²) in [6, 6.07) is 8.76. The van der Waals surface area contributed by atoms with Gasteiger partial charge in [0.1, 0.15) is 5.01 Å². The van der Waals surface area contributed by atoms with Gasteiger partial charge in [-0.15, -0.1) is 11.3 Å². The summed E-state index contributed by atoms with van der Waals surface area (Å²) in [7, 11) is 0. The third kappa shape index (κ3) is 3.04. The van der Waals surface area contributed by atoms with Crippen LogP contribution in [0.4, 0.5) is 0 Å². The predicted molar refractivity (Wildman–Crippen MR) is 87.2 cm³/mol. The van der Waals surface area contributed by atoms with E-state index in [0.29, 0.717) is 11.5 Å². The van der Waals surface area contributed by atoms with Gasteiger partial charge in [0, 0.05) is 6.54 Å². The largest absolute Gasteiger partial charge is 0.308 e. The second-order valence-electron chi connectivity index (χ2n) is 6.49. The molecule has 2 nitrogen and oxygen atoms in total. The Morgan fingerprint density at radius 3 is 2.75 bits per heavy atom. The van der Waals surface area contributed by atoms with Crippen LogP contribution in [0.25, 0.3) is 10.2 Å². The highest BCUT2D eigenvalue weighted by Gasteiger charge is 2.27. The van der Waals surface area contributed by atoms with E-state index in [0.717, 1.165) is 12.1 Å². The highest BCUT2D eigenvalue weighted by atomic mass is 32.1. The lowest BCUT2D eigenvalue weighted by atomic mass is 9.75. The van der Waals surface area contributed by atoms with Gasteiger partial charge in [-0.05, 0) is 37.3 Å². The Bertz CT molecular complexity index is 536. The van der Waals surface area contributed by atoms with Crippen LogP contribution in [0.1, 0.15) is 57.0 Å². The first-order chi connectivity index (χ1) is 9.66. The van der Waals surface area contributed by atoms with Crippen LogP contribution in [0.5, 0.6) is 0 Å². The fraction of sp³-hybridized carbons (Fsp3) is 0.588. The Morgan fingerprint density at radius 2 is 2.00 bits per heavy atom. The lowest BCUT2D eigenvalue weighted by Gasteiger charge is -2.34. The molecule has 2 aromatic rings. The summed E-state index contributed by atoms with van der Waals surface area (Å²) in [5.74, 6) is 0. The average Bonchev–Trinajstić information content (AvgIpc) is 2.89. The molecular formula is C17H24N2S. The summed E-state index contributed by atoms with van der Waals surface area (Å²) in [4.78, 5) is 4.76. The third-order valence-electron chi connectivity index (χ3n) is 4.58. The smallest absolute Gasteiger partial charge is 0.111 e. The van der Waals surface area contributed by atoms with Gasteiger partial charge >= 0.3 is 0 Å². The molecule has 1 aliphatic rings. The molecule has 3 heteroatoms. The summed E-state index contributed by atoms with van der Waals surface area (Å²) in [5, 5.41) is 4.93. The van der Waals surface area contributed by atoms with Crippen LogP contribution < -0.4 is 5.32 Å². The van der Waals surface area contributed by atoms with Gasteiger partial charge in [-0.1, -0.05) is 38.3 Å². The molecular weight excluding hydrogens is 264 g/mol. The summed E-state index contributed by atoms with van der Waals surface area (Å²) in [6.07, 6.45) is 6.95. The van der Waals surface area contributed by atoms with Crippen LogP contribution in [-0.2, 0) is 0 Å². The molecule has 1 aliphatic carbocycles. The number of para-hydroxylation sites is 1. The second-order valence-corrected chi connectivity index (χ2v) is 7.56. The van der Waals surface area contributed by atoms with Gasteiger partial charge in [0.15, 0.2) is 0 Å². The Labute approximate surface area is 125 Å². The summed E-state index contributed by atoms with van der Waals surface area (Å²) < 4.78 is 1.29. The lowest BCUT2D eigenvalue weighted by molar-refractivity contribution is 0.202. The van der Waals surface area contributed by atoms with Crippen molar-refractivity contribution in [2.75, 3.05) is 6.54 Å². The van der Waals surface area contributed by atoms with E-state index in [1.54, 1.807) is 0 Å². The van der Waals surface area contributed by atoms with Gasteiger partial charge in [-0.25, -0.2) is 4.98 Å². The van der Waals surface area contributed by atoms with Gasteiger partial charge in [0.2, 0.25) is 0 Å². The number of rotatable bonds is 4. The van der Waals surface area contributed by atoms with E-state index in [1.807, 2.05) is 11.3 Å². The van der Waals surface area contributed by atoms with Crippen molar-refractivity contribution in [2.45, 2.75) is 52.0 Å². The Hall–Kier alpha value is -0.930.